The minimum Gasteiger partial charge on any atom is -0.496 e. The van der Waals surface area contributed by atoms with Gasteiger partial charge in [0.25, 0.3) is 0 Å². The van der Waals surface area contributed by atoms with Crippen LogP contribution in [0.2, 0.25) is 0 Å². The van der Waals surface area contributed by atoms with Crippen LogP contribution < -0.4 is 4.74 Å². The number of rotatable bonds is 1. The van der Waals surface area contributed by atoms with Crippen LogP contribution in [-0.4, -0.2) is 12.1 Å². The van der Waals surface area contributed by atoms with Crippen molar-refractivity contribution in [2.45, 2.75) is 9.79 Å². The normalized spacial score (nSPS) is 12.4. The number of fused-ring (bicyclic) bond motifs is 4. The highest BCUT2D eigenvalue weighted by atomic mass is 32.2. The molecule has 0 amide bonds. The zero-order valence-electron chi connectivity index (χ0n) is 12.5. The Hall–Kier alpha value is -2.52. The van der Waals surface area contributed by atoms with Crippen LogP contribution in [0.25, 0.3) is 32.9 Å². The van der Waals surface area contributed by atoms with E-state index in [1.54, 1.807) is 7.11 Å². The molecule has 0 N–H and O–H groups in total. The fourth-order valence-electron chi connectivity index (χ4n) is 3.36. The molecular weight excluding hydrogens is 302 g/mol. The number of ether oxygens (including phenoxy) is 1. The van der Waals surface area contributed by atoms with Crippen molar-refractivity contribution in [3.8, 4) is 16.9 Å². The Morgan fingerprint density at radius 3 is 2.61 bits per heavy atom. The average molecular weight is 315 g/mol. The van der Waals surface area contributed by atoms with Crippen molar-refractivity contribution in [3.63, 3.8) is 0 Å². The molecule has 0 spiro atoms. The van der Waals surface area contributed by atoms with E-state index in [1.807, 2.05) is 23.9 Å². The van der Waals surface area contributed by atoms with Crippen LogP contribution >= 0.6 is 11.8 Å². The Balaban J connectivity index is 2.01. The zero-order chi connectivity index (χ0) is 15.4. The molecule has 1 aliphatic rings. The Bertz CT molecular complexity index is 1090. The first-order chi connectivity index (χ1) is 11.4. The molecule has 2 nitrogen and oxygen atoms in total. The highest BCUT2D eigenvalue weighted by Gasteiger charge is 2.24. The number of aromatic nitrogens is 1. The second-order valence-electron chi connectivity index (χ2n) is 5.59. The summed E-state index contributed by atoms with van der Waals surface area (Å²) in [7, 11) is 1.73. The summed E-state index contributed by atoms with van der Waals surface area (Å²) in [6.45, 7) is 0. The summed E-state index contributed by atoms with van der Waals surface area (Å²) in [4.78, 5) is 7.39. The summed E-state index contributed by atoms with van der Waals surface area (Å²) in [6, 6.07) is 21.0. The van der Waals surface area contributed by atoms with E-state index in [0.717, 1.165) is 16.8 Å². The molecule has 0 atom stereocenters. The summed E-state index contributed by atoms with van der Waals surface area (Å²) in [5.41, 5.74) is 4.48. The summed E-state index contributed by atoms with van der Waals surface area (Å²) >= 11 is 1.81. The van der Waals surface area contributed by atoms with E-state index in [0.29, 0.717) is 0 Å². The number of hydrogen-bond acceptors (Lipinski definition) is 3. The summed E-state index contributed by atoms with van der Waals surface area (Å²) in [5, 5.41) is 2.44. The molecule has 0 fully saturated rings. The maximum atomic E-state index is 5.61. The van der Waals surface area contributed by atoms with Gasteiger partial charge in [-0.1, -0.05) is 48.2 Å². The molecule has 0 saturated carbocycles. The van der Waals surface area contributed by atoms with Crippen molar-refractivity contribution in [2.24, 2.45) is 0 Å². The highest BCUT2D eigenvalue weighted by molar-refractivity contribution is 8.00. The van der Waals surface area contributed by atoms with Gasteiger partial charge in [-0.2, -0.15) is 0 Å². The number of para-hydroxylation sites is 1. The van der Waals surface area contributed by atoms with E-state index in [9.17, 15) is 0 Å². The van der Waals surface area contributed by atoms with Crippen molar-refractivity contribution in [1.29, 1.82) is 0 Å². The monoisotopic (exact) mass is 315 g/mol. The zero-order valence-corrected chi connectivity index (χ0v) is 13.4. The van der Waals surface area contributed by atoms with Crippen LogP contribution in [0.1, 0.15) is 0 Å². The Kier molecular flexibility index (Phi) is 2.67. The lowest BCUT2D eigenvalue weighted by atomic mass is 9.97. The molecule has 5 rings (SSSR count). The van der Waals surface area contributed by atoms with Crippen molar-refractivity contribution in [1.82, 2.24) is 4.98 Å². The smallest absolute Gasteiger partial charge is 0.127 e. The van der Waals surface area contributed by atoms with Crippen molar-refractivity contribution >= 4 is 33.6 Å². The largest absolute Gasteiger partial charge is 0.496 e. The van der Waals surface area contributed by atoms with Gasteiger partial charge in [0, 0.05) is 26.1 Å². The predicted molar refractivity (Wildman–Crippen MR) is 95.4 cm³/mol. The lowest BCUT2D eigenvalue weighted by Crippen LogP contribution is -1.98. The molecule has 0 saturated heterocycles. The first-order valence-electron chi connectivity index (χ1n) is 7.53. The molecule has 3 heteroatoms. The van der Waals surface area contributed by atoms with E-state index >= 15 is 0 Å². The lowest BCUT2D eigenvalue weighted by Gasteiger charge is -2.23. The third kappa shape index (κ3) is 1.74. The quantitative estimate of drug-likeness (QED) is 0.380. The Morgan fingerprint density at radius 1 is 0.870 bits per heavy atom. The fourth-order valence-corrected chi connectivity index (χ4v) is 4.63. The predicted octanol–water partition coefficient (Wildman–Crippen LogP) is 5.53. The second-order valence-corrected chi connectivity index (χ2v) is 6.65. The summed E-state index contributed by atoms with van der Waals surface area (Å²) < 4.78 is 5.61. The first kappa shape index (κ1) is 13.0. The molecule has 2 heterocycles. The maximum Gasteiger partial charge on any atom is 0.127 e. The van der Waals surface area contributed by atoms with Gasteiger partial charge in [-0.3, -0.25) is 0 Å². The molecular formula is C20H13NOS. The third-order valence-corrected chi connectivity index (χ3v) is 5.54. The minimum absolute atomic E-state index is 0.918. The number of methoxy groups -OCH3 is 1. The molecule has 4 aromatic rings. The van der Waals surface area contributed by atoms with E-state index in [2.05, 4.69) is 48.5 Å². The average Bonchev–Trinajstić information content (AvgIpc) is 2.61. The highest BCUT2D eigenvalue weighted by Crippen LogP contribution is 2.52. The van der Waals surface area contributed by atoms with Crippen LogP contribution in [0.15, 0.2) is 70.5 Å². The first-order valence-corrected chi connectivity index (χ1v) is 8.35. The lowest BCUT2D eigenvalue weighted by molar-refractivity contribution is 0.415. The van der Waals surface area contributed by atoms with Gasteiger partial charge >= 0.3 is 0 Å². The van der Waals surface area contributed by atoms with Crippen molar-refractivity contribution in [3.05, 3.63) is 60.7 Å². The molecule has 0 bridgehead atoms. The van der Waals surface area contributed by atoms with Crippen LogP contribution in [0, 0.1) is 0 Å². The van der Waals surface area contributed by atoms with Gasteiger partial charge in [-0.15, -0.1) is 0 Å². The number of nitrogens with zero attached hydrogens (tertiary/aromatic N) is 1. The number of hydrogen-bond donors (Lipinski definition) is 0. The SMILES string of the molecule is COc1cccc2c1-c1cccc3nc4ccccc4c(c13)S2. The Morgan fingerprint density at radius 2 is 1.70 bits per heavy atom. The van der Waals surface area contributed by atoms with Gasteiger partial charge < -0.3 is 4.74 Å². The topological polar surface area (TPSA) is 22.1 Å². The van der Waals surface area contributed by atoms with Crippen LogP contribution in [0.3, 0.4) is 0 Å². The maximum absolute atomic E-state index is 5.61. The van der Waals surface area contributed by atoms with Crippen molar-refractivity contribution < 1.29 is 4.74 Å². The molecule has 0 aliphatic carbocycles. The standard InChI is InChI=1S/C20H13NOS/c1-22-16-10-5-11-17-19(16)13-7-4-9-15-18(13)20(23-17)12-6-2-3-8-14(12)21-15/h2-11H,1H3. The van der Waals surface area contributed by atoms with E-state index in [1.165, 1.54) is 31.7 Å². The van der Waals surface area contributed by atoms with Crippen LogP contribution in [-0.2, 0) is 0 Å². The van der Waals surface area contributed by atoms with Gasteiger partial charge in [0.2, 0.25) is 0 Å². The minimum atomic E-state index is 0.918. The molecule has 0 radical (unpaired) electrons. The summed E-state index contributed by atoms with van der Waals surface area (Å²) in [5.74, 6) is 0.918. The molecule has 1 aromatic heterocycles. The molecule has 110 valence electrons. The number of pyridine rings is 1. The Labute approximate surface area is 138 Å². The molecule has 1 aliphatic heterocycles. The van der Waals surface area contributed by atoms with E-state index in [4.69, 9.17) is 9.72 Å². The van der Waals surface area contributed by atoms with E-state index in [-0.39, 0.29) is 0 Å². The van der Waals surface area contributed by atoms with Crippen LogP contribution in [0.4, 0.5) is 0 Å². The van der Waals surface area contributed by atoms with Gasteiger partial charge in [-0.25, -0.2) is 4.98 Å². The summed E-state index contributed by atoms with van der Waals surface area (Å²) in [6.07, 6.45) is 0. The fraction of sp³-hybridized carbons (Fsp3) is 0.0500. The van der Waals surface area contributed by atoms with Gasteiger partial charge in [-0.05, 0) is 29.8 Å². The van der Waals surface area contributed by atoms with Gasteiger partial charge in [0.1, 0.15) is 5.75 Å². The number of benzene rings is 3. The molecule has 3 aromatic carbocycles. The third-order valence-electron chi connectivity index (χ3n) is 4.35. The molecule has 0 unspecified atom stereocenters. The van der Waals surface area contributed by atoms with Gasteiger partial charge in [0.05, 0.1) is 18.1 Å². The van der Waals surface area contributed by atoms with Crippen LogP contribution in [0.5, 0.6) is 5.75 Å². The van der Waals surface area contributed by atoms with Crippen molar-refractivity contribution in [2.75, 3.05) is 7.11 Å². The van der Waals surface area contributed by atoms with Gasteiger partial charge in [0.15, 0.2) is 0 Å². The van der Waals surface area contributed by atoms with E-state index < -0.39 is 0 Å². The second kappa shape index (κ2) is 4.74. The molecule has 23 heavy (non-hydrogen) atoms.